The van der Waals surface area contributed by atoms with Gasteiger partial charge >= 0.3 is 0 Å². The van der Waals surface area contributed by atoms with Gasteiger partial charge in [-0.1, -0.05) is 65.7 Å². The molecule has 0 bridgehead atoms. The summed E-state index contributed by atoms with van der Waals surface area (Å²) in [5.74, 6) is 0.445. The van der Waals surface area contributed by atoms with Crippen molar-refractivity contribution in [2.24, 2.45) is 5.14 Å². The minimum absolute atomic E-state index is 0.243. The summed E-state index contributed by atoms with van der Waals surface area (Å²) >= 11 is 13.5. The van der Waals surface area contributed by atoms with Crippen molar-refractivity contribution in [2.75, 3.05) is 12.9 Å². The number of primary sulfonamides is 1. The average Bonchev–Trinajstić information content (AvgIpc) is 2.63. The molecule has 7 heteroatoms. The molecule has 0 spiro atoms. The van der Waals surface area contributed by atoms with Gasteiger partial charge in [-0.15, -0.1) is 11.6 Å². The van der Waals surface area contributed by atoms with Gasteiger partial charge in [0, 0.05) is 10.6 Å². The van der Waals surface area contributed by atoms with Crippen LogP contribution in [0.15, 0.2) is 71.3 Å². The van der Waals surface area contributed by atoms with Crippen LogP contribution in [0.25, 0.3) is 11.1 Å². The van der Waals surface area contributed by atoms with Gasteiger partial charge in [-0.3, -0.25) is 0 Å². The lowest BCUT2D eigenvalue weighted by Gasteiger charge is -2.33. The van der Waals surface area contributed by atoms with E-state index >= 15 is 0 Å². The van der Waals surface area contributed by atoms with E-state index in [0.717, 1.165) is 16.7 Å². The van der Waals surface area contributed by atoms with Gasteiger partial charge in [0.25, 0.3) is 0 Å². The van der Waals surface area contributed by atoms with Crippen LogP contribution in [-0.4, -0.2) is 21.3 Å². The van der Waals surface area contributed by atoms with Crippen molar-refractivity contribution in [3.05, 3.63) is 76.9 Å². The van der Waals surface area contributed by atoms with Crippen molar-refractivity contribution >= 4 is 33.2 Å². The Balaban J connectivity index is 2.12. The topological polar surface area (TPSA) is 69.4 Å². The molecule has 0 fully saturated rings. The van der Waals surface area contributed by atoms with Gasteiger partial charge in [0.05, 0.1) is 12.9 Å². The molecular weight excluding hydrogens is 405 g/mol. The van der Waals surface area contributed by atoms with Crippen LogP contribution >= 0.6 is 23.2 Å². The number of para-hydroxylation sites is 1. The number of rotatable bonds is 5. The molecule has 0 aliphatic heterocycles. The molecule has 2 aromatic rings. The molecular formula is C20H19Cl2NO3S. The molecule has 1 unspecified atom stereocenters. The number of ether oxygens (including phenoxy) is 1. The van der Waals surface area contributed by atoms with Gasteiger partial charge < -0.3 is 4.74 Å². The highest BCUT2D eigenvalue weighted by Crippen LogP contribution is 2.50. The molecule has 0 amide bonds. The Morgan fingerprint density at radius 2 is 1.70 bits per heavy atom. The van der Waals surface area contributed by atoms with E-state index in [1.165, 1.54) is 0 Å². The first kappa shape index (κ1) is 20.0. The highest BCUT2D eigenvalue weighted by molar-refractivity contribution is 7.89. The van der Waals surface area contributed by atoms with Crippen LogP contribution in [0.2, 0.25) is 0 Å². The fourth-order valence-corrected chi connectivity index (χ4v) is 4.64. The molecule has 1 aliphatic carbocycles. The Labute approximate surface area is 169 Å². The number of alkyl halides is 1. The maximum atomic E-state index is 11.5. The second-order valence-electron chi connectivity index (χ2n) is 6.37. The Bertz CT molecular complexity index is 1030. The number of hydrogen-bond acceptors (Lipinski definition) is 3. The molecule has 0 aromatic heterocycles. The lowest BCUT2D eigenvalue weighted by molar-refractivity contribution is 0.416. The standard InChI is InChI=1S/C20H19Cl2NO3S/c1-26-18-9-5-3-7-16(18)15-6-2-4-8-17(15)20(22)12-14(10-11-19(20)21)13-27(23,24)25/h2-11H,12-13H2,1H3,(H2,23,24,25). The summed E-state index contributed by atoms with van der Waals surface area (Å²) in [4.78, 5) is -1.09. The number of sulfonamides is 1. The van der Waals surface area contributed by atoms with Crippen molar-refractivity contribution in [1.29, 1.82) is 0 Å². The Morgan fingerprint density at radius 1 is 1.07 bits per heavy atom. The quantitative estimate of drug-likeness (QED) is 0.717. The van der Waals surface area contributed by atoms with Crippen molar-refractivity contribution in [2.45, 2.75) is 11.3 Å². The summed E-state index contributed by atoms with van der Waals surface area (Å²) in [6.07, 6.45) is 3.54. The van der Waals surface area contributed by atoms with E-state index in [2.05, 4.69) is 0 Å². The zero-order valence-corrected chi connectivity index (χ0v) is 17.0. The molecule has 142 valence electrons. The van der Waals surface area contributed by atoms with Gasteiger partial charge in [-0.25, -0.2) is 13.6 Å². The summed E-state index contributed by atoms with van der Waals surface area (Å²) in [5.41, 5.74) is 3.13. The summed E-state index contributed by atoms with van der Waals surface area (Å²) < 4.78 is 28.5. The fraction of sp³-hybridized carbons (Fsp3) is 0.200. The number of hydrogen-bond donors (Lipinski definition) is 1. The highest BCUT2D eigenvalue weighted by atomic mass is 35.5. The summed E-state index contributed by atoms with van der Waals surface area (Å²) in [6, 6.07) is 15.2. The van der Waals surface area contributed by atoms with Crippen LogP contribution in [-0.2, 0) is 14.9 Å². The van der Waals surface area contributed by atoms with Crippen molar-refractivity contribution in [3.8, 4) is 16.9 Å². The first-order valence-electron chi connectivity index (χ1n) is 8.22. The van der Waals surface area contributed by atoms with E-state index < -0.39 is 14.9 Å². The lowest BCUT2D eigenvalue weighted by atomic mass is 9.83. The molecule has 0 heterocycles. The molecule has 27 heavy (non-hydrogen) atoms. The van der Waals surface area contributed by atoms with Gasteiger partial charge in [0.15, 0.2) is 0 Å². The summed E-state index contributed by atoms with van der Waals surface area (Å²) in [7, 11) is -2.06. The third-order valence-electron chi connectivity index (χ3n) is 4.45. The monoisotopic (exact) mass is 423 g/mol. The molecule has 0 saturated heterocycles. The van der Waals surface area contributed by atoms with E-state index in [-0.39, 0.29) is 12.2 Å². The zero-order chi connectivity index (χ0) is 19.7. The van der Waals surface area contributed by atoms with Crippen LogP contribution in [0.3, 0.4) is 0 Å². The number of halogens is 2. The number of nitrogens with two attached hydrogens (primary N) is 1. The maximum absolute atomic E-state index is 11.5. The normalized spacial score (nSPS) is 20.0. The number of benzene rings is 2. The van der Waals surface area contributed by atoms with E-state index in [0.29, 0.717) is 16.4 Å². The molecule has 0 saturated carbocycles. The van der Waals surface area contributed by atoms with Crippen molar-refractivity contribution in [1.82, 2.24) is 0 Å². The van der Waals surface area contributed by atoms with Crippen LogP contribution in [0.5, 0.6) is 5.75 Å². The SMILES string of the molecule is COc1ccccc1-c1ccccc1C1(Cl)CC(CS(N)(=O)=O)=CC=C1Cl. The second-order valence-corrected chi connectivity index (χ2v) is 9.04. The summed E-state index contributed by atoms with van der Waals surface area (Å²) in [6.45, 7) is 0. The van der Waals surface area contributed by atoms with Crippen LogP contribution in [0.4, 0.5) is 0 Å². The molecule has 4 nitrogen and oxygen atoms in total. The smallest absolute Gasteiger partial charge is 0.212 e. The molecule has 0 radical (unpaired) electrons. The fourth-order valence-electron chi connectivity index (χ4n) is 3.29. The molecule has 2 aromatic carbocycles. The van der Waals surface area contributed by atoms with E-state index in [1.807, 2.05) is 48.5 Å². The van der Waals surface area contributed by atoms with Crippen LogP contribution in [0.1, 0.15) is 12.0 Å². The minimum Gasteiger partial charge on any atom is -0.496 e. The highest BCUT2D eigenvalue weighted by Gasteiger charge is 2.38. The largest absolute Gasteiger partial charge is 0.496 e. The zero-order valence-electron chi connectivity index (χ0n) is 14.7. The average molecular weight is 424 g/mol. The third-order valence-corrected chi connectivity index (χ3v) is 6.31. The Hall–Kier alpha value is -1.79. The summed E-state index contributed by atoms with van der Waals surface area (Å²) in [5, 5.41) is 5.63. The molecule has 3 rings (SSSR count). The van der Waals surface area contributed by atoms with E-state index in [1.54, 1.807) is 19.3 Å². The molecule has 1 aliphatic rings. The predicted octanol–water partition coefficient (Wildman–Crippen LogP) is 4.54. The van der Waals surface area contributed by atoms with Gasteiger partial charge in [-0.05, 0) is 29.7 Å². The van der Waals surface area contributed by atoms with Gasteiger partial charge in [0.2, 0.25) is 10.0 Å². The first-order valence-corrected chi connectivity index (χ1v) is 10.7. The number of methoxy groups -OCH3 is 1. The second kappa shape index (κ2) is 7.68. The van der Waals surface area contributed by atoms with Crippen molar-refractivity contribution < 1.29 is 13.2 Å². The third kappa shape index (κ3) is 4.22. The Morgan fingerprint density at radius 3 is 2.37 bits per heavy atom. The molecule has 1 atom stereocenters. The van der Waals surface area contributed by atoms with E-state index in [4.69, 9.17) is 33.1 Å². The van der Waals surface area contributed by atoms with Crippen molar-refractivity contribution in [3.63, 3.8) is 0 Å². The van der Waals surface area contributed by atoms with Crippen LogP contribution < -0.4 is 9.88 Å². The number of allylic oxidation sites excluding steroid dienone is 3. The van der Waals surface area contributed by atoms with Gasteiger partial charge in [0.1, 0.15) is 10.6 Å². The first-order chi connectivity index (χ1) is 12.7. The molecule has 2 N–H and O–H groups in total. The van der Waals surface area contributed by atoms with E-state index in [9.17, 15) is 8.42 Å². The minimum atomic E-state index is -3.67. The lowest BCUT2D eigenvalue weighted by Crippen LogP contribution is -2.27. The Kier molecular flexibility index (Phi) is 5.68. The van der Waals surface area contributed by atoms with Gasteiger partial charge in [-0.2, -0.15) is 0 Å². The van der Waals surface area contributed by atoms with Crippen LogP contribution in [0, 0.1) is 0 Å². The maximum Gasteiger partial charge on any atom is 0.212 e. The predicted molar refractivity (Wildman–Crippen MR) is 111 cm³/mol.